The molecule has 1 aliphatic rings. The van der Waals surface area contributed by atoms with Crippen molar-refractivity contribution in [3.63, 3.8) is 0 Å². The second-order valence-electron chi connectivity index (χ2n) is 6.18. The van der Waals surface area contributed by atoms with Gasteiger partial charge >= 0.3 is 0 Å². The van der Waals surface area contributed by atoms with Crippen LogP contribution >= 0.6 is 0 Å². The molecule has 2 rings (SSSR count). The normalized spacial score (nSPS) is 19.4. The van der Waals surface area contributed by atoms with Crippen LogP contribution in [0, 0.1) is 0 Å². The summed E-state index contributed by atoms with van der Waals surface area (Å²) < 4.78 is 5.49. The Bertz CT molecular complexity index is 528. The van der Waals surface area contributed by atoms with Crippen molar-refractivity contribution >= 4 is 11.6 Å². The summed E-state index contributed by atoms with van der Waals surface area (Å²) in [5, 5.41) is 3.43. The molecule has 0 aromatic heterocycles. The fraction of sp³-hybridized carbons (Fsp3) is 0.562. The lowest BCUT2D eigenvalue weighted by Crippen LogP contribution is -2.49. The van der Waals surface area contributed by atoms with Crippen LogP contribution in [0.25, 0.3) is 0 Å². The zero-order valence-electron chi connectivity index (χ0n) is 13.3. The van der Waals surface area contributed by atoms with Gasteiger partial charge in [-0.1, -0.05) is 6.07 Å². The van der Waals surface area contributed by atoms with Crippen molar-refractivity contribution < 1.29 is 9.53 Å². The number of benzene rings is 1. The summed E-state index contributed by atoms with van der Waals surface area (Å²) in [5.74, 6) is 0.354. The highest BCUT2D eigenvalue weighted by Crippen LogP contribution is 2.34. The molecule has 1 amide bonds. The molecule has 1 atom stereocenters. The number of anilines is 1. The van der Waals surface area contributed by atoms with E-state index in [1.165, 1.54) is 0 Å². The number of methoxy groups -OCH3 is 1. The highest BCUT2D eigenvalue weighted by molar-refractivity contribution is 5.86. The molecule has 116 valence electrons. The number of nitrogens with one attached hydrogen (secondary N) is 1. The zero-order chi connectivity index (χ0) is 15.6. The van der Waals surface area contributed by atoms with Gasteiger partial charge in [0.2, 0.25) is 5.91 Å². The highest BCUT2D eigenvalue weighted by atomic mass is 16.5. The number of hydrogen-bond acceptors (Lipinski definition) is 4. The summed E-state index contributed by atoms with van der Waals surface area (Å²) in [6.07, 6.45) is 0. The molecule has 0 aliphatic carbocycles. The molecule has 1 aliphatic heterocycles. The van der Waals surface area contributed by atoms with Gasteiger partial charge in [0.1, 0.15) is 5.75 Å². The van der Waals surface area contributed by atoms with Crippen LogP contribution < -0.4 is 20.7 Å². The van der Waals surface area contributed by atoms with E-state index in [1.807, 2.05) is 32.0 Å². The van der Waals surface area contributed by atoms with Gasteiger partial charge in [-0.3, -0.25) is 4.79 Å². The maximum atomic E-state index is 11.7. The number of amides is 1. The van der Waals surface area contributed by atoms with Gasteiger partial charge < -0.3 is 20.7 Å². The molecule has 1 heterocycles. The van der Waals surface area contributed by atoms with Crippen molar-refractivity contribution in [3.05, 3.63) is 23.8 Å². The maximum Gasteiger partial charge on any atom is 0.227 e. The molecule has 21 heavy (non-hydrogen) atoms. The molecule has 3 N–H and O–H groups in total. The molecule has 5 nitrogen and oxygen atoms in total. The summed E-state index contributed by atoms with van der Waals surface area (Å²) in [5.41, 5.74) is 6.70. The van der Waals surface area contributed by atoms with Crippen LogP contribution in [0.3, 0.4) is 0 Å². The molecular weight excluding hydrogens is 266 g/mol. The largest absolute Gasteiger partial charge is 0.496 e. The summed E-state index contributed by atoms with van der Waals surface area (Å²) in [4.78, 5) is 14.0. The van der Waals surface area contributed by atoms with Gasteiger partial charge in [-0.2, -0.15) is 0 Å². The molecule has 1 saturated heterocycles. The maximum absolute atomic E-state index is 11.7. The molecule has 1 aromatic carbocycles. The van der Waals surface area contributed by atoms with Crippen LogP contribution in [0.15, 0.2) is 18.2 Å². The number of piperazine rings is 1. The molecule has 0 saturated carbocycles. The van der Waals surface area contributed by atoms with Gasteiger partial charge in [-0.25, -0.2) is 0 Å². The van der Waals surface area contributed by atoms with Crippen molar-refractivity contribution in [1.82, 2.24) is 5.32 Å². The minimum atomic E-state index is -0.749. The van der Waals surface area contributed by atoms with Crippen LogP contribution in [-0.4, -0.2) is 38.7 Å². The van der Waals surface area contributed by atoms with Gasteiger partial charge in [0.25, 0.3) is 0 Å². The Kier molecular flexibility index (Phi) is 4.42. The molecule has 1 fully saturated rings. The molecule has 0 spiro atoms. The van der Waals surface area contributed by atoms with Crippen molar-refractivity contribution in [1.29, 1.82) is 0 Å². The van der Waals surface area contributed by atoms with E-state index in [9.17, 15) is 4.79 Å². The Morgan fingerprint density at radius 2 is 2.19 bits per heavy atom. The highest BCUT2D eigenvalue weighted by Gasteiger charge is 2.31. The number of hydrogen-bond donors (Lipinski definition) is 2. The van der Waals surface area contributed by atoms with E-state index in [0.29, 0.717) is 11.8 Å². The Morgan fingerprint density at radius 3 is 2.76 bits per heavy atom. The van der Waals surface area contributed by atoms with Crippen molar-refractivity contribution in [3.8, 4) is 5.75 Å². The quantitative estimate of drug-likeness (QED) is 0.876. The lowest BCUT2D eigenvalue weighted by molar-refractivity contribution is -0.122. The second-order valence-corrected chi connectivity index (χ2v) is 6.18. The average Bonchev–Trinajstić information content (AvgIpc) is 2.46. The van der Waals surface area contributed by atoms with Crippen LogP contribution in [0.5, 0.6) is 5.75 Å². The van der Waals surface area contributed by atoms with Gasteiger partial charge in [0, 0.05) is 43.0 Å². The van der Waals surface area contributed by atoms with Gasteiger partial charge in [0.15, 0.2) is 0 Å². The molecule has 0 unspecified atom stereocenters. The van der Waals surface area contributed by atoms with E-state index >= 15 is 0 Å². The Labute approximate surface area is 126 Å². The third-order valence-corrected chi connectivity index (χ3v) is 4.21. The molecule has 0 bridgehead atoms. The van der Waals surface area contributed by atoms with Gasteiger partial charge in [-0.05, 0) is 26.8 Å². The molecule has 5 heteroatoms. The summed E-state index contributed by atoms with van der Waals surface area (Å²) in [6, 6.07) is 6.45. The summed E-state index contributed by atoms with van der Waals surface area (Å²) in [6.45, 7) is 8.71. The lowest BCUT2D eigenvalue weighted by atomic mass is 9.83. The van der Waals surface area contributed by atoms with E-state index in [2.05, 4.69) is 17.1 Å². The first kappa shape index (κ1) is 15.6. The third-order valence-electron chi connectivity index (χ3n) is 4.21. The number of nitrogens with two attached hydrogens (primary N) is 1. The Hall–Kier alpha value is -1.75. The van der Waals surface area contributed by atoms with Gasteiger partial charge in [0.05, 0.1) is 12.5 Å². The van der Waals surface area contributed by atoms with E-state index in [0.717, 1.165) is 30.9 Å². The van der Waals surface area contributed by atoms with Crippen molar-refractivity contribution in [2.45, 2.75) is 32.2 Å². The molecule has 0 radical (unpaired) electrons. The first-order valence-corrected chi connectivity index (χ1v) is 7.33. The Balaban J connectivity index is 2.34. The van der Waals surface area contributed by atoms with Crippen LogP contribution in [0.1, 0.15) is 26.3 Å². The second kappa shape index (κ2) is 5.93. The van der Waals surface area contributed by atoms with Gasteiger partial charge in [-0.15, -0.1) is 0 Å². The van der Waals surface area contributed by atoms with E-state index in [1.54, 1.807) is 7.11 Å². The number of primary amides is 1. The monoisotopic (exact) mass is 291 g/mol. The standard InChI is InChI=1S/C16H25N3O2/c1-11-10-19(8-7-18-11)12-5-6-13(14(9-12)21-4)16(2,3)15(17)20/h5-6,9,11,18H,7-8,10H2,1-4H3,(H2,17,20)/t11-/m1/s1. The van der Waals surface area contributed by atoms with E-state index in [-0.39, 0.29) is 5.91 Å². The van der Waals surface area contributed by atoms with E-state index < -0.39 is 5.41 Å². The third kappa shape index (κ3) is 3.13. The van der Waals surface area contributed by atoms with Crippen LogP contribution in [0.2, 0.25) is 0 Å². The first-order chi connectivity index (χ1) is 9.86. The fourth-order valence-electron chi connectivity index (χ4n) is 2.69. The first-order valence-electron chi connectivity index (χ1n) is 7.33. The summed E-state index contributed by atoms with van der Waals surface area (Å²) >= 11 is 0. The SMILES string of the molecule is COc1cc(N2CCN[C@H](C)C2)ccc1C(C)(C)C(N)=O. The number of nitrogens with zero attached hydrogens (tertiary/aromatic N) is 1. The smallest absolute Gasteiger partial charge is 0.227 e. The van der Waals surface area contributed by atoms with E-state index in [4.69, 9.17) is 10.5 Å². The lowest BCUT2D eigenvalue weighted by Gasteiger charge is -2.34. The van der Waals surface area contributed by atoms with Crippen molar-refractivity contribution in [2.75, 3.05) is 31.6 Å². The van der Waals surface area contributed by atoms with Crippen molar-refractivity contribution in [2.24, 2.45) is 5.73 Å². The molecular formula is C16H25N3O2. The minimum Gasteiger partial charge on any atom is -0.496 e. The Morgan fingerprint density at radius 1 is 1.48 bits per heavy atom. The predicted molar refractivity (Wildman–Crippen MR) is 84.9 cm³/mol. The summed E-state index contributed by atoms with van der Waals surface area (Å²) in [7, 11) is 1.63. The topological polar surface area (TPSA) is 67.6 Å². The van der Waals surface area contributed by atoms with Crippen LogP contribution in [0.4, 0.5) is 5.69 Å². The number of rotatable bonds is 4. The fourth-order valence-corrected chi connectivity index (χ4v) is 2.69. The van der Waals surface area contributed by atoms with Crippen LogP contribution in [-0.2, 0) is 10.2 Å². The average molecular weight is 291 g/mol. The number of ether oxygens (including phenoxy) is 1. The minimum absolute atomic E-state index is 0.357. The molecule has 1 aromatic rings. The number of carbonyl (C=O) groups is 1. The predicted octanol–water partition coefficient (Wildman–Crippen LogP) is 1.26. The number of carbonyl (C=O) groups excluding carboxylic acids is 1. The zero-order valence-corrected chi connectivity index (χ0v) is 13.3.